The maximum atomic E-state index is 12.2. The summed E-state index contributed by atoms with van der Waals surface area (Å²) in [6.07, 6.45) is 4.77. The van der Waals surface area contributed by atoms with Crippen molar-refractivity contribution in [1.82, 2.24) is 4.98 Å². The molecule has 0 saturated heterocycles. The number of aromatic nitrogens is 1. The molecule has 1 heterocycles. The third kappa shape index (κ3) is 2.57. The summed E-state index contributed by atoms with van der Waals surface area (Å²) < 4.78 is 0. The molecule has 0 aliphatic heterocycles. The lowest BCUT2D eigenvalue weighted by atomic mass is 9.78. The van der Waals surface area contributed by atoms with Gasteiger partial charge < -0.3 is 0 Å². The van der Waals surface area contributed by atoms with Crippen LogP contribution < -0.4 is 0 Å². The minimum atomic E-state index is -0.299. The lowest BCUT2D eigenvalue weighted by Crippen LogP contribution is -2.26. The number of halogens is 1. The van der Waals surface area contributed by atoms with E-state index in [0.29, 0.717) is 10.6 Å². The van der Waals surface area contributed by atoms with E-state index >= 15 is 0 Å². The Morgan fingerprint density at radius 2 is 2.00 bits per heavy atom. The molecular weight excluding hydrogens is 210 g/mol. The molecule has 0 radical (unpaired) electrons. The second-order valence-electron chi connectivity index (χ2n) is 3.99. The fraction of sp³-hybridized carbons (Fsp3) is 0.500. The number of carbonyl (C=O) groups excluding carboxylic acids is 1. The van der Waals surface area contributed by atoms with Gasteiger partial charge in [-0.3, -0.25) is 9.78 Å². The van der Waals surface area contributed by atoms with Crippen LogP contribution in [-0.2, 0) is 0 Å². The van der Waals surface area contributed by atoms with Gasteiger partial charge in [-0.05, 0) is 18.9 Å². The summed E-state index contributed by atoms with van der Waals surface area (Å²) in [6, 6.07) is 1.68. The summed E-state index contributed by atoms with van der Waals surface area (Å²) in [7, 11) is 0. The fourth-order valence-corrected chi connectivity index (χ4v) is 1.63. The molecule has 1 aromatic rings. The molecule has 15 heavy (non-hydrogen) atoms. The highest BCUT2D eigenvalue weighted by Gasteiger charge is 2.30. The average Bonchev–Trinajstić information content (AvgIpc) is 2.27. The lowest BCUT2D eigenvalue weighted by molar-refractivity contribution is 0.0802. The van der Waals surface area contributed by atoms with E-state index in [2.05, 4.69) is 4.98 Å². The normalized spacial score (nSPS) is 11.5. The van der Waals surface area contributed by atoms with Gasteiger partial charge >= 0.3 is 0 Å². The zero-order chi connectivity index (χ0) is 11.5. The molecule has 0 saturated carbocycles. The predicted octanol–water partition coefficient (Wildman–Crippen LogP) is 3.74. The van der Waals surface area contributed by atoms with Gasteiger partial charge in [-0.25, -0.2) is 0 Å². The van der Waals surface area contributed by atoms with E-state index in [4.69, 9.17) is 11.6 Å². The van der Waals surface area contributed by atoms with Gasteiger partial charge in [0.05, 0.1) is 5.02 Å². The molecule has 1 rings (SSSR count). The van der Waals surface area contributed by atoms with Crippen molar-refractivity contribution in [2.24, 2.45) is 5.41 Å². The monoisotopic (exact) mass is 225 g/mol. The molecule has 0 spiro atoms. The van der Waals surface area contributed by atoms with E-state index in [1.165, 1.54) is 6.20 Å². The van der Waals surface area contributed by atoms with Crippen LogP contribution in [0.1, 0.15) is 44.0 Å². The van der Waals surface area contributed by atoms with Crippen molar-refractivity contribution in [3.05, 3.63) is 29.0 Å². The lowest BCUT2D eigenvalue weighted by Gasteiger charge is -2.24. The Bertz CT molecular complexity index is 358. The number of hydrogen-bond donors (Lipinski definition) is 0. The smallest absolute Gasteiger partial charge is 0.170 e. The number of hydrogen-bond acceptors (Lipinski definition) is 2. The van der Waals surface area contributed by atoms with Gasteiger partial charge in [0, 0.05) is 23.4 Å². The number of rotatable bonds is 4. The van der Waals surface area contributed by atoms with Crippen molar-refractivity contribution in [3.8, 4) is 0 Å². The van der Waals surface area contributed by atoms with Gasteiger partial charge in [0.1, 0.15) is 0 Å². The summed E-state index contributed by atoms with van der Waals surface area (Å²) in [5.74, 6) is 0.127. The highest BCUT2D eigenvalue weighted by Crippen LogP contribution is 2.30. The molecular formula is C12H16ClNO. The molecule has 0 bridgehead atoms. The van der Waals surface area contributed by atoms with Crippen molar-refractivity contribution >= 4 is 17.4 Å². The van der Waals surface area contributed by atoms with E-state index in [0.717, 1.165) is 12.8 Å². The Morgan fingerprint density at radius 3 is 2.47 bits per heavy atom. The Kier molecular flexibility index (Phi) is 3.86. The Hall–Kier alpha value is -0.890. The van der Waals surface area contributed by atoms with Crippen molar-refractivity contribution in [3.63, 3.8) is 0 Å². The second kappa shape index (κ2) is 4.75. The number of ketones is 1. The summed E-state index contributed by atoms with van der Waals surface area (Å²) in [5.41, 5.74) is 0.306. The molecule has 0 atom stereocenters. The second-order valence-corrected chi connectivity index (χ2v) is 4.43. The van der Waals surface area contributed by atoms with Gasteiger partial charge in [0.2, 0.25) is 0 Å². The maximum Gasteiger partial charge on any atom is 0.170 e. The minimum Gasteiger partial charge on any atom is -0.294 e. The van der Waals surface area contributed by atoms with Crippen molar-refractivity contribution in [2.45, 2.75) is 33.6 Å². The minimum absolute atomic E-state index is 0.127. The molecule has 0 aliphatic carbocycles. The number of pyridine rings is 1. The molecule has 0 amide bonds. The number of Topliss-reactive ketones (excluding diaryl/α,β-unsaturated/α-hetero) is 1. The van der Waals surface area contributed by atoms with Gasteiger partial charge in [0.25, 0.3) is 0 Å². The first-order valence-electron chi connectivity index (χ1n) is 5.19. The maximum absolute atomic E-state index is 12.2. The van der Waals surface area contributed by atoms with Gasteiger partial charge in [-0.15, -0.1) is 0 Å². The van der Waals surface area contributed by atoms with Crippen LogP contribution in [0.3, 0.4) is 0 Å². The highest BCUT2D eigenvalue weighted by molar-refractivity contribution is 6.30. The molecule has 82 valence electrons. The van der Waals surface area contributed by atoms with Crippen LogP contribution in [0.15, 0.2) is 18.5 Å². The third-order valence-electron chi connectivity index (χ3n) is 3.08. The van der Waals surface area contributed by atoms with E-state index < -0.39 is 0 Å². The van der Waals surface area contributed by atoms with Crippen molar-refractivity contribution < 1.29 is 4.79 Å². The van der Waals surface area contributed by atoms with Crippen LogP contribution in [0.5, 0.6) is 0 Å². The highest BCUT2D eigenvalue weighted by atomic mass is 35.5. The first kappa shape index (κ1) is 12.2. The fourth-order valence-electron chi connectivity index (χ4n) is 1.46. The van der Waals surface area contributed by atoms with Crippen LogP contribution in [0.25, 0.3) is 0 Å². The van der Waals surface area contributed by atoms with Crippen LogP contribution in [0.4, 0.5) is 0 Å². The van der Waals surface area contributed by atoms with Crippen LogP contribution in [0.2, 0.25) is 5.02 Å². The van der Waals surface area contributed by atoms with E-state index in [-0.39, 0.29) is 11.2 Å². The molecule has 0 fully saturated rings. The average molecular weight is 226 g/mol. The van der Waals surface area contributed by atoms with E-state index in [1.54, 1.807) is 12.3 Å². The number of carbonyl (C=O) groups is 1. The first-order valence-corrected chi connectivity index (χ1v) is 5.56. The van der Waals surface area contributed by atoms with Crippen LogP contribution >= 0.6 is 11.6 Å². The van der Waals surface area contributed by atoms with Crippen molar-refractivity contribution in [2.75, 3.05) is 0 Å². The molecule has 0 unspecified atom stereocenters. The zero-order valence-electron chi connectivity index (χ0n) is 9.38. The largest absolute Gasteiger partial charge is 0.294 e. The van der Waals surface area contributed by atoms with Gasteiger partial charge in [-0.2, -0.15) is 0 Å². The molecule has 1 aromatic heterocycles. The third-order valence-corrected chi connectivity index (χ3v) is 3.28. The van der Waals surface area contributed by atoms with Gasteiger partial charge in [0.15, 0.2) is 5.78 Å². The van der Waals surface area contributed by atoms with Crippen LogP contribution in [0, 0.1) is 5.41 Å². The Balaban J connectivity index is 3.03. The summed E-state index contributed by atoms with van der Waals surface area (Å²) in [6.45, 7) is 6.04. The quantitative estimate of drug-likeness (QED) is 0.731. The number of nitrogens with zero attached hydrogens (tertiary/aromatic N) is 1. The molecule has 0 aromatic carbocycles. The summed E-state index contributed by atoms with van der Waals surface area (Å²) in [4.78, 5) is 16.1. The predicted molar refractivity (Wildman–Crippen MR) is 62.3 cm³/mol. The van der Waals surface area contributed by atoms with Crippen molar-refractivity contribution in [1.29, 1.82) is 0 Å². The van der Waals surface area contributed by atoms with Crippen LogP contribution in [-0.4, -0.2) is 10.8 Å². The summed E-state index contributed by atoms with van der Waals surface area (Å²) in [5, 5.41) is 0.510. The SMILES string of the molecule is CCC(C)(CC)C(=O)c1cncc(Cl)c1. The molecule has 0 aliphatic rings. The zero-order valence-corrected chi connectivity index (χ0v) is 10.1. The Morgan fingerprint density at radius 1 is 1.40 bits per heavy atom. The topological polar surface area (TPSA) is 30.0 Å². The van der Waals surface area contributed by atoms with Gasteiger partial charge in [-0.1, -0.05) is 32.4 Å². The molecule has 2 nitrogen and oxygen atoms in total. The molecule has 0 N–H and O–H groups in total. The standard InChI is InChI=1S/C12H16ClNO/c1-4-12(3,5-2)11(15)9-6-10(13)8-14-7-9/h6-8H,4-5H2,1-3H3. The summed E-state index contributed by atoms with van der Waals surface area (Å²) >= 11 is 5.81. The molecule has 3 heteroatoms. The first-order chi connectivity index (χ1) is 7.03. The Labute approximate surface area is 95.7 Å². The van der Waals surface area contributed by atoms with E-state index in [9.17, 15) is 4.79 Å². The van der Waals surface area contributed by atoms with E-state index in [1.807, 2.05) is 20.8 Å².